The second-order valence-electron chi connectivity index (χ2n) is 8.59. The van der Waals surface area contributed by atoms with Gasteiger partial charge in [0.1, 0.15) is 0 Å². The van der Waals surface area contributed by atoms with Gasteiger partial charge in [0, 0.05) is 35.4 Å². The van der Waals surface area contributed by atoms with Crippen LogP contribution in [0.1, 0.15) is 54.7 Å². The summed E-state index contributed by atoms with van der Waals surface area (Å²) >= 11 is 1.72. The molecule has 0 bridgehead atoms. The van der Waals surface area contributed by atoms with E-state index in [1.54, 1.807) is 11.3 Å². The highest BCUT2D eigenvalue weighted by molar-refractivity contribution is 7.14. The van der Waals surface area contributed by atoms with Crippen LogP contribution in [0.3, 0.4) is 0 Å². The van der Waals surface area contributed by atoms with Crippen molar-refractivity contribution >= 4 is 17.2 Å². The van der Waals surface area contributed by atoms with Crippen molar-refractivity contribution in [2.24, 2.45) is 5.92 Å². The number of pyridine rings is 1. The summed E-state index contributed by atoms with van der Waals surface area (Å²) in [4.78, 5) is 20.6. The molecule has 4 rings (SSSR count). The highest BCUT2D eigenvalue weighted by Gasteiger charge is 2.20. The lowest BCUT2D eigenvalue weighted by atomic mass is 9.99. The summed E-state index contributed by atoms with van der Waals surface area (Å²) in [5.41, 5.74) is 5.78. The monoisotopic (exact) mass is 428 g/mol. The van der Waals surface area contributed by atoms with E-state index in [2.05, 4.69) is 48.3 Å². The minimum atomic E-state index is 0.0553. The number of hydrogen-bond acceptors (Lipinski definition) is 3. The smallest absolute Gasteiger partial charge is 0.255 e. The number of aromatic nitrogens is 1. The number of benzene rings is 1. The quantitative estimate of drug-likeness (QED) is 0.448. The van der Waals surface area contributed by atoms with Crippen LogP contribution in [-0.2, 0) is 6.42 Å². The Labute approximate surface area is 189 Å². The van der Waals surface area contributed by atoms with Gasteiger partial charge >= 0.3 is 0 Å². The molecule has 1 saturated heterocycles. The fourth-order valence-electron chi connectivity index (χ4n) is 4.10. The van der Waals surface area contributed by atoms with E-state index in [0.717, 1.165) is 49.2 Å². The highest BCUT2D eigenvalue weighted by Crippen LogP contribution is 2.34. The van der Waals surface area contributed by atoms with Gasteiger partial charge in [0.25, 0.3) is 5.91 Å². The van der Waals surface area contributed by atoms with Crippen molar-refractivity contribution in [1.29, 1.82) is 0 Å². The van der Waals surface area contributed by atoms with E-state index < -0.39 is 0 Å². The topological polar surface area (TPSA) is 33.2 Å². The largest absolute Gasteiger partial charge is 0.339 e. The van der Waals surface area contributed by atoms with Crippen molar-refractivity contribution in [3.8, 4) is 33.9 Å². The maximum atomic E-state index is 13.0. The molecule has 0 radical (unpaired) electrons. The molecule has 0 atom stereocenters. The minimum Gasteiger partial charge on any atom is -0.339 e. The van der Waals surface area contributed by atoms with Crippen molar-refractivity contribution < 1.29 is 4.79 Å². The van der Waals surface area contributed by atoms with Gasteiger partial charge < -0.3 is 4.90 Å². The van der Waals surface area contributed by atoms with E-state index in [-0.39, 0.29) is 5.91 Å². The Bertz CT molecular complexity index is 1120. The first kappa shape index (κ1) is 21.3. The summed E-state index contributed by atoms with van der Waals surface area (Å²) in [7, 11) is 0. The van der Waals surface area contributed by atoms with E-state index in [1.165, 1.54) is 16.9 Å². The average Bonchev–Trinajstić information content (AvgIpc) is 3.29. The molecule has 1 aliphatic heterocycles. The molecule has 1 aromatic carbocycles. The van der Waals surface area contributed by atoms with Crippen LogP contribution in [0.25, 0.3) is 21.6 Å². The van der Waals surface area contributed by atoms with E-state index in [4.69, 9.17) is 6.42 Å². The number of hydrogen-bond donors (Lipinski definition) is 0. The number of amides is 1. The molecule has 0 N–H and O–H groups in total. The molecule has 0 saturated carbocycles. The number of terminal acetylenes is 1. The lowest BCUT2D eigenvalue weighted by molar-refractivity contribution is 0.0724. The normalized spacial score (nSPS) is 13.9. The van der Waals surface area contributed by atoms with Gasteiger partial charge in [-0.1, -0.05) is 25.8 Å². The fraction of sp³-hybridized carbons (Fsp3) is 0.333. The predicted molar refractivity (Wildman–Crippen MR) is 129 cm³/mol. The standard InChI is InChI=1S/C27H28N2OS/c1-4-20-15-21(8-9-25(20)27(30)29-12-6-5-7-13-29)23-17-26(31-18-23)22-10-11-28-24(16-22)14-19(2)3/h1,8-11,15-19H,5-7,12-14H2,2-3H3. The third-order valence-corrected chi connectivity index (χ3v) is 6.68. The molecule has 3 aromatic rings. The molecule has 3 heterocycles. The summed E-state index contributed by atoms with van der Waals surface area (Å²) < 4.78 is 0. The van der Waals surface area contributed by atoms with Gasteiger partial charge in [0.15, 0.2) is 0 Å². The zero-order valence-electron chi connectivity index (χ0n) is 18.2. The van der Waals surface area contributed by atoms with Crippen molar-refractivity contribution in [1.82, 2.24) is 9.88 Å². The summed E-state index contributed by atoms with van der Waals surface area (Å²) in [5, 5.41) is 2.15. The van der Waals surface area contributed by atoms with Crippen LogP contribution < -0.4 is 0 Å². The van der Waals surface area contributed by atoms with E-state index in [0.29, 0.717) is 17.0 Å². The third kappa shape index (κ3) is 4.89. The lowest BCUT2D eigenvalue weighted by Gasteiger charge is -2.27. The lowest BCUT2D eigenvalue weighted by Crippen LogP contribution is -2.36. The average molecular weight is 429 g/mol. The highest BCUT2D eigenvalue weighted by atomic mass is 32.1. The molecule has 4 heteroatoms. The first-order valence-electron chi connectivity index (χ1n) is 11.0. The molecule has 3 nitrogen and oxygen atoms in total. The van der Waals surface area contributed by atoms with Gasteiger partial charge in [-0.3, -0.25) is 9.78 Å². The van der Waals surface area contributed by atoms with Gasteiger partial charge in [-0.15, -0.1) is 17.8 Å². The first-order chi connectivity index (χ1) is 15.0. The van der Waals surface area contributed by atoms with Crippen LogP contribution in [0.5, 0.6) is 0 Å². The zero-order valence-corrected chi connectivity index (χ0v) is 19.0. The van der Waals surface area contributed by atoms with Crippen LogP contribution in [0, 0.1) is 18.3 Å². The van der Waals surface area contributed by atoms with Crippen molar-refractivity contribution in [3.05, 3.63) is 64.8 Å². The summed E-state index contributed by atoms with van der Waals surface area (Å²) in [5.74, 6) is 3.37. The van der Waals surface area contributed by atoms with Gasteiger partial charge in [-0.25, -0.2) is 0 Å². The molecule has 1 amide bonds. The third-order valence-electron chi connectivity index (χ3n) is 5.70. The Balaban J connectivity index is 1.59. The zero-order chi connectivity index (χ0) is 21.8. The Morgan fingerprint density at radius 2 is 1.90 bits per heavy atom. The molecule has 0 spiro atoms. The molecule has 158 valence electrons. The van der Waals surface area contributed by atoms with Gasteiger partial charge in [0.2, 0.25) is 0 Å². The molecule has 1 aliphatic rings. The van der Waals surface area contributed by atoms with E-state index >= 15 is 0 Å². The summed E-state index contributed by atoms with van der Waals surface area (Å²) in [6, 6.07) is 12.3. The first-order valence-corrected chi connectivity index (χ1v) is 11.9. The number of thiophene rings is 1. The molecular formula is C27H28N2OS. The van der Waals surface area contributed by atoms with E-state index in [9.17, 15) is 4.79 Å². The Morgan fingerprint density at radius 1 is 1.10 bits per heavy atom. The maximum absolute atomic E-state index is 13.0. The molecule has 0 aliphatic carbocycles. The molecule has 2 aromatic heterocycles. The van der Waals surface area contributed by atoms with Gasteiger partial charge in [-0.2, -0.15) is 0 Å². The van der Waals surface area contributed by atoms with Crippen molar-refractivity contribution in [2.75, 3.05) is 13.1 Å². The number of likely N-dealkylation sites (tertiary alicyclic amines) is 1. The molecule has 0 unspecified atom stereocenters. The number of rotatable bonds is 5. The predicted octanol–water partition coefficient (Wildman–Crippen LogP) is 6.28. The van der Waals surface area contributed by atoms with Crippen molar-refractivity contribution in [2.45, 2.75) is 39.5 Å². The summed E-state index contributed by atoms with van der Waals surface area (Å²) in [6.07, 6.45) is 12.0. The number of carbonyl (C=O) groups is 1. The molecule has 31 heavy (non-hydrogen) atoms. The fourth-order valence-corrected chi connectivity index (χ4v) is 5.01. The second-order valence-corrected chi connectivity index (χ2v) is 9.50. The number of carbonyl (C=O) groups excluding carboxylic acids is 1. The van der Waals surface area contributed by atoms with Crippen LogP contribution in [0.4, 0.5) is 0 Å². The minimum absolute atomic E-state index is 0.0553. The number of piperidine rings is 1. The van der Waals surface area contributed by atoms with Crippen LogP contribution in [0.2, 0.25) is 0 Å². The van der Waals surface area contributed by atoms with Crippen LogP contribution in [-0.4, -0.2) is 28.9 Å². The molecular weight excluding hydrogens is 400 g/mol. The van der Waals surface area contributed by atoms with Crippen molar-refractivity contribution in [3.63, 3.8) is 0 Å². The van der Waals surface area contributed by atoms with Crippen LogP contribution in [0.15, 0.2) is 48.0 Å². The Kier molecular flexibility index (Phi) is 6.53. The van der Waals surface area contributed by atoms with Gasteiger partial charge in [0.05, 0.1) is 5.56 Å². The number of nitrogens with zero attached hydrogens (tertiary/aromatic N) is 2. The van der Waals surface area contributed by atoms with Crippen LogP contribution >= 0.6 is 11.3 Å². The Hall–Kier alpha value is -2.90. The maximum Gasteiger partial charge on any atom is 0.255 e. The SMILES string of the molecule is C#Cc1cc(-c2csc(-c3ccnc(CC(C)C)c3)c2)ccc1C(=O)N1CCCCC1. The van der Waals surface area contributed by atoms with Gasteiger partial charge in [-0.05, 0) is 84.0 Å². The van der Waals surface area contributed by atoms with E-state index in [1.807, 2.05) is 29.3 Å². The second kappa shape index (κ2) is 9.49. The summed E-state index contributed by atoms with van der Waals surface area (Å²) in [6.45, 7) is 6.06. The molecule has 1 fully saturated rings. The Morgan fingerprint density at radius 3 is 2.65 bits per heavy atom.